The molecular formula is C21H27Cl2NO2. The van der Waals surface area contributed by atoms with E-state index in [1.54, 1.807) is 18.2 Å². The highest BCUT2D eigenvalue weighted by Crippen LogP contribution is 2.27. The molecule has 0 atom stereocenters. The van der Waals surface area contributed by atoms with Crippen LogP contribution in [0.25, 0.3) is 0 Å². The highest BCUT2D eigenvalue weighted by atomic mass is 35.5. The molecule has 1 N–H and O–H groups in total. The van der Waals surface area contributed by atoms with Gasteiger partial charge in [0.15, 0.2) is 0 Å². The summed E-state index contributed by atoms with van der Waals surface area (Å²) in [4.78, 5) is 0. The first-order chi connectivity index (χ1) is 12.7. The summed E-state index contributed by atoms with van der Waals surface area (Å²) < 4.78 is 11.4. The second kappa shape index (κ2) is 11.9. The minimum absolute atomic E-state index is 0.511. The molecule has 2 aromatic carbocycles. The summed E-state index contributed by atoms with van der Waals surface area (Å²) in [6.45, 7) is 4.20. The standard InChI is InChI=1S/C21H27Cl2NO2/c1-2-3-4-5-6-14-25-19-10-8-18(9-11-19)24-13-15-26-21-12-7-17(22)16-20(21)23/h7-12,16,24H,2-6,13-15H2,1H3. The predicted molar refractivity (Wildman–Crippen MR) is 111 cm³/mol. The zero-order valence-corrected chi connectivity index (χ0v) is 16.8. The second-order valence-electron chi connectivity index (χ2n) is 6.14. The van der Waals surface area contributed by atoms with Gasteiger partial charge in [0.05, 0.1) is 11.6 Å². The summed E-state index contributed by atoms with van der Waals surface area (Å²) in [7, 11) is 0. The predicted octanol–water partition coefficient (Wildman–Crippen LogP) is 6.83. The summed E-state index contributed by atoms with van der Waals surface area (Å²) in [6.07, 6.45) is 6.24. The number of halogens is 2. The molecule has 0 saturated carbocycles. The minimum Gasteiger partial charge on any atom is -0.494 e. The van der Waals surface area contributed by atoms with Crippen LogP contribution in [-0.4, -0.2) is 19.8 Å². The first kappa shape index (κ1) is 20.7. The Balaban J connectivity index is 1.62. The van der Waals surface area contributed by atoms with Crippen LogP contribution in [-0.2, 0) is 0 Å². The van der Waals surface area contributed by atoms with Crippen molar-refractivity contribution >= 4 is 28.9 Å². The minimum atomic E-state index is 0.511. The van der Waals surface area contributed by atoms with Gasteiger partial charge in [0.2, 0.25) is 0 Å². The summed E-state index contributed by atoms with van der Waals surface area (Å²) in [5.41, 5.74) is 1.03. The molecule has 0 radical (unpaired) electrons. The number of anilines is 1. The summed E-state index contributed by atoms with van der Waals surface area (Å²) in [6, 6.07) is 13.2. The molecule has 3 nitrogen and oxygen atoms in total. The van der Waals surface area contributed by atoms with E-state index >= 15 is 0 Å². The third-order valence-corrected chi connectivity index (χ3v) is 4.48. The molecule has 142 valence electrons. The van der Waals surface area contributed by atoms with Crippen molar-refractivity contribution in [2.75, 3.05) is 25.1 Å². The molecule has 0 amide bonds. The van der Waals surface area contributed by atoms with Crippen LogP contribution in [0.1, 0.15) is 39.0 Å². The topological polar surface area (TPSA) is 30.5 Å². The third kappa shape index (κ3) is 7.76. The third-order valence-electron chi connectivity index (χ3n) is 3.95. The van der Waals surface area contributed by atoms with Crippen LogP contribution >= 0.6 is 23.2 Å². The van der Waals surface area contributed by atoms with Crippen molar-refractivity contribution in [2.24, 2.45) is 0 Å². The van der Waals surface area contributed by atoms with Crippen LogP contribution in [0.5, 0.6) is 11.5 Å². The van der Waals surface area contributed by atoms with Gasteiger partial charge in [0.25, 0.3) is 0 Å². The van der Waals surface area contributed by atoms with Gasteiger partial charge in [-0.25, -0.2) is 0 Å². The monoisotopic (exact) mass is 395 g/mol. The SMILES string of the molecule is CCCCCCCOc1ccc(NCCOc2ccc(Cl)cc2Cl)cc1. The smallest absolute Gasteiger partial charge is 0.138 e. The van der Waals surface area contributed by atoms with Gasteiger partial charge in [-0.2, -0.15) is 0 Å². The number of ether oxygens (including phenoxy) is 2. The molecule has 0 bridgehead atoms. The molecule has 0 unspecified atom stereocenters. The number of hydrogen-bond donors (Lipinski definition) is 1. The lowest BCUT2D eigenvalue weighted by atomic mass is 10.2. The number of rotatable bonds is 12. The lowest BCUT2D eigenvalue weighted by Gasteiger charge is -2.11. The molecule has 0 fully saturated rings. The lowest BCUT2D eigenvalue weighted by Crippen LogP contribution is -2.11. The fraction of sp³-hybridized carbons (Fsp3) is 0.429. The van der Waals surface area contributed by atoms with Gasteiger partial charge < -0.3 is 14.8 Å². The van der Waals surface area contributed by atoms with Crippen molar-refractivity contribution in [3.8, 4) is 11.5 Å². The molecule has 0 aliphatic heterocycles. The zero-order valence-electron chi connectivity index (χ0n) is 15.3. The Morgan fingerprint density at radius 3 is 2.35 bits per heavy atom. The molecule has 26 heavy (non-hydrogen) atoms. The number of nitrogens with one attached hydrogen (secondary N) is 1. The molecule has 0 heterocycles. The lowest BCUT2D eigenvalue weighted by molar-refractivity contribution is 0.304. The first-order valence-corrected chi connectivity index (χ1v) is 9.99. The van der Waals surface area contributed by atoms with Crippen LogP contribution in [0, 0.1) is 0 Å². The van der Waals surface area contributed by atoms with Crippen LogP contribution in [0.15, 0.2) is 42.5 Å². The van der Waals surface area contributed by atoms with E-state index < -0.39 is 0 Å². The normalized spacial score (nSPS) is 10.6. The van der Waals surface area contributed by atoms with Crippen molar-refractivity contribution < 1.29 is 9.47 Å². The van der Waals surface area contributed by atoms with E-state index in [9.17, 15) is 0 Å². The highest BCUT2D eigenvalue weighted by Gasteiger charge is 2.02. The van der Waals surface area contributed by atoms with Crippen molar-refractivity contribution in [1.29, 1.82) is 0 Å². The Labute approximate surface area is 166 Å². The van der Waals surface area contributed by atoms with E-state index in [1.165, 1.54) is 25.7 Å². The maximum Gasteiger partial charge on any atom is 0.138 e. The van der Waals surface area contributed by atoms with Gasteiger partial charge in [-0.3, -0.25) is 0 Å². The highest BCUT2D eigenvalue weighted by molar-refractivity contribution is 6.35. The van der Waals surface area contributed by atoms with Crippen molar-refractivity contribution in [3.63, 3.8) is 0 Å². The van der Waals surface area contributed by atoms with Gasteiger partial charge in [-0.1, -0.05) is 55.8 Å². The van der Waals surface area contributed by atoms with Crippen LogP contribution < -0.4 is 14.8 Å². The summed E-state index contributed by atoms with van der Waals surface area (Å²) in [5, 5.41) is 4.44. The van der Waals surface area contributed by atoms with Crippen LogP contribution in [0.2, 0.25) is 10.0 Å². The van der Waals surface area contributed by atoms with E-state index in [4.69, 9.17) is 32.7 Å². The van der Waals surface area contributed by atoms with Gasteiger partial charge >= 0.3 is 0 Å². The van der Waals surface area contributed by atoms with Gasteiger partial charge in [0.1, 0.15) is 18.1 Å². The average molecular weight is 396 g/mol. The van der Waals surface area contributed by atoms with Gasteiger partial charge in [-0.05, 0) is 48.9 Å². The number of hydrogen-bond acceptors (Lipinski definition) is 3. The Kier molecular flexibility index (Phi) is 9.51. The van der Waals surface area contributed by atoms with Crippen molar-refractivity contribution in [1.82, 2.24) is 0 Å². The molecule has 0 aliphatic rings. The van der Waals surface area contributed by atoms with Gasteiger partial charge in [0, 0.05) is 17.3 Å². The van der Waals surface area contributed by atoms with E-state index in [0.29, 0.717) is 28.9 Å². The number of benzene rings is 2. The summed E-state index contributed by atoms with van der Waals surface area (Å²) >= 11 is 11.9. The first-order valence-electron chi connectivity index (χ1n) is 9.23. The fourth-order valence-corrected chi connectivity index (χ4v) is 2.98. The molecule has 0 spiro atoms. The fourth-order valence-electron chi connectivity index (χ4n) is 2.51. The van der Waals surface area contributed by atoms with Crippen molar-refractivity contribution in [3.05, 3.63) is 52.5 Å². The maximum absolute atomic E-state index is 6.08. The zero-order chi connectivity index (χ0) is 18.6. The van der Waals surface area contributed by atoms with Crippen LogP contribution in [0.4, 0.5) is 5.69 Å². The Hall–Kier alpha value is -1.58. The maximum atomic E-state index is 6.08. The Morgan fingerprint density at radius 1 is 0.846 bits per heavy atom. The average Bonchev–Trinajstić information content (AvgIpc) is 2.64. The summed E-state index contributed by atoms with van der Waals surface area (Å²) in [5.74, 6) is 1.55. The van der Waals surface area contributed by atoms with E-state index in [0.717, 1.165) is 24.5 Å². The molecule has 5 heteroatoms. The molecular weight excluding hydrogens is 369 g/mol. The molecule has 0 aliphatic carbocycles. The van der Waals surface area contributed by atoms with Crippen LogP contribution in [0.3, 0.4) is 0 Å². The largest absolute Gasteiger partial charge is 0.494 e. The van der Waals surface area contributed by atoms with Gasteiger partial charge in [-0.15, -0.1) is 0 Å². The number of unbranched alkanes of at least 4 members (excludes halogenated alkanes) is 4. The van der Waals surface area contributed by atoms with E-state index in [-0.39, 0.29) is 0 Å². The van der Waals surface area contributed by atoms with Crippen molar-refractivity contribution in [2.45, 2.75) is 39.0 Å². The molecule has 2 aromatic rings. The Morgan fingerprint density at radius 2 is 1.62 bits per heavy atom. The molecule has 0 saturated heterocycles. The quantitative estimate of drug-likeness (QED) is 0.399. The van der Waals surface area contributed by atoms with E-state index in [1.807, 2.05) is 24.3 Å². The molecule has 2 rings (SSSR count). The second-order valence-corrected chi connectivity index (χ2v) is 6.98. The van der Waals surface area contributed by atoms with E-state index in [2.05, 4.69) is 12.2 Å². The Bertz CT molecular complexity index is 647. The molecule has 0 aromatic heterocycles.